The summed E-state index contributed by atoms with van der Waals surface area (Å²) >= 11 is 1.36. The van der Waals surface area contributed by atoms with Crippen molar-refractivity contribution in [2.45, 2.75) is 108 Å². The van der Waals surface area contributed by atoms with Gasteiger partial charge < -0.3 is 14.9 Å². The molecule has 336 valence electrons. The molecule has 2 radical (unpaired) electrons. The molecule has 0 aliphatic heterocycles. The van der Waals surface area contributed by atoms with Crippen LogP contribution in [0.2, 0.25) is 0 Å². The van der Waals surface area contributed by atoms with E-state index in [0.29, 0.717) is 11.8 Å². The molecular formula is C60H70Cl2SiZr-4. The topological polar surface area (TPSA) is 0 Å². The molecule has 0 saturated carbocycles. The van der Waals surface area contributed by atoms with Gasteiger partial charge in [-0.05, 0) is 78.4 Å². The van der Waals surface area contributed by atoms with Crippen molar-refractivity contribution in [3.63, 3.8) is 0 Å². The van der Waals surface area contributed by atoms with E-state index in [-0.39, 0.29) is 39.7 Å². The maximum atomic E-state index is 3.06. The van der Waals surface area contributed by atoms with Crippen LogP contribution in [0.15, 0.2) is 121 Å². The van der Waals surface area contributed by atoms with Crippen LogP contribution < -0.4 is 0 Å². The zero-order valence-corrected chi connectivity index (χ0v) is 46.0. The van der Waals surface area contributed by atoms with Gasteiger partial charge in [0, 0.05) is 0 Å². The van der Waals surface area contributed by atoms with Crippen molar-refractivity contribution in [2.75, 3.05) is 0 Å². The third-order valence-corrected chi connectivity index (χ3v) is 12.3. The first-order valence-corrected chi connectivity index (χ1v) is 26.0. The van der Waals surface area contributed by atoms with Crippen LogP contribution in [0.1, 0.15) is 108 Å². The zero-order chi connectivity index (χ0) is 43.4. The molecule has 8 aromatic rings. The molecule has 2 unspecified atom stereocenters. The quantitative estimate of drug-likeness (QED) is 0.105. The van der Waals surface area contributed by atoms with Crippen molar-refractivity contribution in [3.8, 4) is 44.5 Å². The third-order valence-electron chi connectivity index (χ3n) is 12.3. The molecule has 8 rings (SSSR count). The van der Waals surface area contributed by atoms with Crippen molar-refractivity contribution < 1.29 is 23.3 Å². The van der Waals surface area contributed by atoms with E-state index >= 15 is 0 Å². The summed E-state index contributed by atoms with van der Waals surface area (Å²) in [5.41, 5.74) is 24.1. The molecule has 0 aliphatic rings. The van der Waals surface area contributed by atoms with Gasteiger partial charge in [-0.2, -0.15) is 12.1 Å². The van der Waals surface area contributed by atoms with Crippen LogP contribution >= 0.6 is 24.8 Å². The molecule has 0 spiro atoms. The Morgan fingerprint density at radius 2 is 0.609 bits per heavy atom. The fraction of sp³-hybridized carbons (Fsp3) is 0.267. The Balaban J connectivity index is 0.000000400. The van der Waals surface area contributed by atoms with E-state index in [1.807, 2.05) is 0 Å². The fourth-order valence-electron chi connectivity index (χ4n) is 9.21. The normalized spacial score (nSPS) is 11.4. The van der Waals surface area contributed by atoms with Gasteiger partial charge in [-0.1, -0.05) is 215 Å². The molecule has 0 heterocycles. The van der Waals surface area contributed by atoms with Crippen LogP contribution in [0.5, 0.6) is 0 Å². The molecule has 0 saturated heterocycles. The van der Waals surface area contributed by atoms with Crippen LogP contribution in [0.3, 0.4) is 0 Å². The summed E-state index contributed by atoms with van der Waals surface area (Å²) < 4.78 is 0. The van der Waals surface area contributed by atoms with E-state index in [4.69, 9.17) is 0 Å². The van der Waals surface area contributed by atoms with Gasteiger partial charge in [0.1, 0.15) is 0 Å². The minimum atomic E-state index is 0. The number of benzene rings is 6. The van der Waals surface area contributed by atoms with E-state index < -0.39 is 0 Å². The van der Waals surface area contributed by atoms with E-state index in [0.717, 1.165) is 12.8 Å². The Bertz CT molecular complexity index is 2350. The number of halogens is 2. The van der Waals surface area contributed by atoms with Gasteiger partial charge >= 0.3 is 30.2 Å². The van der Waals surface area contributed by atoms with E-state index in [1.165, 1.54) is 145 Å². The molecule has 0 aliphatic carbocycles. The van der Waals surface area contributed by atoms with Crippen LogP contribution in [0, 0.1) is 70.2 Å². The summed E-state index contributed by atoms with van der Waals surface area (Å²) in [7, 11) is 0. The van der Waals surface area contributed by atoms with E-state index in [9.17, 15) is 0 Å². The summed E-state index contributed by atoms with van der Waals surface area (Å²) in [5, 5.41) is 5.51. The second-order valence-corrected chi connectivity index (χ2v) is 17.7. The van der Waals surface area contributed by atoms with Gasteiger partial charge in [-0.25, -0.2) is 0 Å². The summed E-state index contributed by atoms with van der Waals surface area (Å²) in [5.74, 6) is 1.14. The number of aryl methyl sites for hydroxylation is 8. The van der Waals surface area contributed by atoms with Gasteiger partial charge in [0.15, 0.2) is 0 Å². The molecule has 0 N–H and O–H groups in total. The predicted molar refractivity (Wildman–Crippen MR) is 289 cm³/mol. The summed E-state index contributed by atoms with van der Waals surface area (Å²) in [6.45, 7) is 29.8. The third kappa shape index (κ3) is 12.8. The first kappa shape index (κ1) is 56.3. The van der Waals surface area contributed by atoms with E-state index in [2.05, 4.69) is 211 Å². The number of fused-ring (bicyclic) bond motifs is 2. The average molecular weight is 981 g/mol. The Labute approximate surface area is 417 Å². The average Bonchev–Trinajstić information content (AvgIpc) is 3.85. The second kappa shape index (κ2) is 24.7. The Kier molecular flexibility index (Phi) is 21.7. The van der Waals surface area contributed by atoms with Crippen molar-refractivity contribution >= 4 is 53.2 Å². The van der Waals surface area contributed by atoms with Gasteiger partial charge in [-0.15, -0.1) is 69.6 Å². The van der Waals surface area contributed by atoms with Crippen LogP contribution in [0.4, 0.5) is 0 Å². The molecule has 4 heteroatoms. The van der Waals surface area contributed by atoms with Crippen LogP contribution in [-0.4, -0.2) is 6.88 Å². The van der Waals surface area contributed by atoms with Gasteiger partial charge in [-0.3, -0.25) is 0 Å². The van der Waals surface area contributed by atoms with Crippen molar-refractivity contribution in [3.05, 3.63) is 192 Å². The minimum absolute atomic E-state index is 0. The molecule has 0 amide bonds. The SMILES string of the molecule is CCC(C)c1cc2c(-c3cc(C)cc(C)c3)ccc(-c3cc(C)cc(C)c3)c2[cH-]1.CCC(C)c1cc2c(-c3cc(C)cc(C)c3)ccc(-c3cc(C)cc(C)c3)c2[cH-]1.Cl.Cl.[CH3-].[CH3-].[Si]=[Zr]. The first-order chi connectivity index (χ1) is 28.7. The molecular weight excluding hydrogens is 911 g/mol. The maximum absolute atomic E-state index is 3.06. The fourth-order valence-corrected chi connectivity index (χ4v) is 9.21. The standard InChI is InChI=1S/2C29H31.2CH3.2ClH.Si.Zr/c2*1-7-22(6)23-16-28-26(24-12-18(2)10-19(3)13-24)8-9-27(29(28)17-23)25-14-20(4)11-21(5)15-25;;;;;;/h2*8-17,22H,7H2,1-6H3;2*1H3;2*1H;;/q4*-1;;;;. The summed E-state index contributed by atoms with van der Waals surface area (Å²) in [4.78, 5) is 0. The summed E-state index contributed by atoms with van der Waals surface area (Å²) in [6, 6.07) is 46.5. The Morgan fingerprint density at radius 1 is 0.391 bits per heavy atom. The predicted octanol–water partition coefficient (Wildman–Crippen LogP) is 18.6. The second-order valence-electron chi connectivity index (χ2n) is 17.7. The van der Waals surface area contributed by atoms with Crippen molar-refractivity contribution in [2.24, 2.45) is 0 Å². The molecule has 8 aromatic carbocycles. The molecule has 64 heavy (non-hydrogen) atoms. The molecule has 0 nitrogen and oxygen atoms in total. The molecule has 0 bridgehead atoms. The first-order valence-electron chi connectivity index (χ1n) is 21.8. The van der Waals surface area contributed by atoms with Gasteiger partial charge in [0.2, 0.25) is 0 Å². The number of rotatable bonds is 8. The Hall–Kier alpha value is -3.78. The van der Waals surface area contributed by atoms with Gasteiger partial charge in [0.05, 0.1) is 0 Å². The van der Waals surface area contributed by atoms with Crippen LogP contribution in [0.25, 0.3) is 66.1 Å². The van der Waals surface area contributed by atoms with Crippen molar-refractivity contribution in [1.82, 2.24) is 0 Å². The molecule has 2 atom stereocenters. The monoisotopic (exact) mass is 978 g/mol. The zero-order valence-electron chi connectivity index (χ0n) is 40.9. The summed E-state index contributed by atoms with van der Waals surface area (Å²) in [6.07, 6.45) is 2.32. The van der Waals surface area contributed by atoms with Crippen molar-refractivity contribution in [1.29, 1.82) is 0 Å². The molecule has 0 fully saturated rings. The van der Waals surface area contributed by atoms with E-state index in [1.54, 1.807) is 0 Å². The van der Waals surface area contributed by atoms with Gasteiger partial charge in [0.25, 0.3) is 0 Å². The number of hydrogen-bond donors (Lipinski definition) is 0. The molecule has 0 aromatic heterocycles. The Morgan fingerprint density at radius 3 is 0.844 bits per heavy atom. The number of hydrogen-bond acceptors (Lipinski definition) is 0. The van der Waals surface area contributed by atoms with Crippen LogP contribution in [-0.2, 0) is 23.3 Å².